The predicted octanol–water partition coefficient (Wildman–Crippen LogP) is 4.10. The summed E-state index contributed by atoms with van der Waals surface area (Å²) in [5.74, 6) is 0.851. The van der Waals surface area contributed by atoms with Crippen LogP contribution in [-0.2, 0) is 6.54 Å². The Morgan fingerprint density at radius 2 is 1.91 bits per heavy atom. The molecule has 4 heteroatoms. The number of para-hydroxylation sites is 1. The van der Waals surface area contributed by atoms with Crippen molar-refractivity contribution in [2.45, 2.75) is 13.5 Å². The Balaban J connectivity index is 1.89. The summed E-state index contributed by atoms with van der Waals surface area (Å²) in [6.07, 6.45) is 0. The molecule has 0 bridgehead atoms. The average Bonchev–Trinajstić information content (AvgIpc) is 3.04. The number of benzene rings is 2. The van der Waals surface area contributed by atoms with Crippen LogP contribution < -0.4 is 4.74 Å². The van der Waals surface area contributed by atoms with Gasteiger partial charge in [-0.3, -0.25) is 4.79 Å². The Kier molecular flexibility index (Phi) is 4.33. The lowest BCUT2D eigenvalue weighted by Gasteiger charge is -2.19. The number of furan rings is 1. The number of carbonyl (C=O) groups excluding carboxylic acids is 1. The number of rotatable bonds is 5. The lowest BCUT2D eigenvalue weighted by molar-refractivity contribution is 0.0722. The van der Waals surface area contributed by atoms with Gasteiger partial charge in [0.25, 0.3) is 5.91 Å². The number of methoxy groups -OCH3 is 1. The van der Waals surface area contributed by atoms with Gasteiger partial charge in [0.05, 0.1) is 7.11 Å². The topological polar surface area (TPSA) is 42.7 Å². The van der Waals surface area contributed by atoms with E-state index in [4.69, 9.17) is 9.15 Å². The van der Waals surface area contributed by atoms with Crippen LogP contribution in [0.2, 0.25) is 0 Å². The fourth-order valence-electron chi connectivity index (χ4n) is 2.59. The van der Waals surface area contributed by atoms with E-state index in [1.807, 2.05) is 55.5 Å². The molecule has 0 saturated carbocycles. The van der Waals surface area contributed by atoms with E-state index in [0.29, 0.717) is 30.2 Å². The SMILES string of the molecule is CCN(Cc1ccccc1)C(=O)c1cc2cccc(OC)c2o1. The van der Waals surface area contributed by atoms with E-state index in [2.05, 4.69) is 0 Å². The zero-order valence-electron chi connectivity index (χ0n) is 13.3. The monoisotopic (exact) mass is 309 g/mol. The number of nitrogens with zero attached hydrogens (tertiary/aromatic N) is 1. The number of fused-ring (bicyclic) bond motifs is 1. The molecule has 0 N–H and O–H groups in total. The van der Waals surface area contributed by atoms with Crippen LogP contribution >= 0.6 is 0 Å². The molecule has 0 fully saturated rings. The Labute approximate surface area is 135 Å². The van der Waals surface area contributed by atoms with E-state index >= 15 is 0 Å². The van der Waals surface area contributed by atoms with Gasteiger partial charge in [-0.25, -0.2) is 0 Å². The Morgan fingerprint density at radius 1 is 1.13 bits per heavy atom. The summed E-state index contributed by atoms with van der Waals surface area (Å²) in [5.41, 5.74) is 1.70. The molecule has 4 nitrogen and oxygen atoms in total. The summed E-state index contributed by atoms with van der Waals surface area (Å²) in [6.45, 7) is 3.14. The van der Waals surface area contributed by atoms with Crippen LogP contribution in [0.4, 0.5) is 0 Å². The minimum atomic E-state index is -0.116. The average molecular weight is 309 g/mol. The number of hydrogen-bond acceptors (Lipinski definition) is 3. The fourth-order valence-corrected chi connectivity index (χ4v) is 2.59. The van der Waals surface area contributed by atoms with Crippen LogP contribution in [0.5, 0.6) is 5.75 Å². The van der Waals surface area contributed by atoms with Crippen molar-refractivity contribution in [1.29, 1.82) is 0 Å². The summed E-state index contributed by atoms with van der Waals surface area (Å²) < 4.78 is 11.0. The third kappa shape index (κ3) is 3.06. The van der Waals surface area contributed by atoms with Crippen LogP contribution in [0, 0.1) is 0 Å². The van der Waals surface area contributed by atoms with E-state index in [-0.39, 0.29) is 5.91 Å². The molecule has 0 unspecified atom stereocenters. The lowest BCUT2D eigenvalue weighted by atomic mass is 10.2. The fraction of sp³-hybridized carbons (Fsp3) is 0.211. The third-order valence-corrected chi connectivity index (χ3v) is 3.82. The molecule has 3 aromatic rings. The molecule has 1 amide bonds. The van der Waals surface area contributed by atoms with Gasteiger partial charge in [-0.2, -0.15) is 0 Å². The van der Waals surface area contributed by atoms with Crippen LogP contribution in [-0.4, -0.2) is 24.5 Å². The van der Waals surface area contributed by atoms with Gasteiger partial charge in [0.15, 0.2) is 17.1 Å². The second-order valence-corrected chi connectivity index (χ2v) is 5.29. The number of carbonyl (C=O) groups is 1. The Morgan fingerprint density at radius 3 is 2.61 bits per heavy atom. The van der Waals surface area contributed by atoms with Crippen molar-refractivity contribution in [1.82, 2.24) is 4.90 Å². The minimum absolute atomic E-state index is 0.116. The van der Waals surface area contributed by atoms with Crippen molar-refractivity contribution in [3.05, 3.63) is 65.9 Å². The van der Waals surface area contributed by atoms with E-state index in [9.17, 15) is 4.79 Å². The summed E-state index contributed by atoms with van der Waals surface area (Å²) >= 11 is 0. The molecule has 23 heavy (non-hydrogen) atoms. The molecule has 0 spiro atoms. The molecule has 1 aromatic heterocycles. The quantitative estimate of drug-likeness (QED) is 0.712. The van der Waals surface area contributed by atoms with Crippen LogP contribution in [0.25, 0.3) is 11.0 Å². The molecule has 0 aliphatic carbocycles. The van der Waals surface area contributed by atoms with Gasteiger partial charge in [-0.1, -0.05) is 42.5 Å². The molecule has 0 aliphatic rings. The third-order valence-electron chi connectivity index (χ3n) is 3.82. The number of hydrogen-bond donors (Lipinski definition) is 0. The maximum Gasteiger partial charge on any atom is 0.289 e. The van der Waals surface area contributed by atoms with E-state index in [1.165, 1.54) is 0 Å². The summed E-state index contributed by atoms with van der Waals surface area (Å²) in [6, 6.07) is 17.3. The maximum atomic E-state index is 12.7. The zero-order valence-corrected chi connectivity index (χ0v) is 13.3. The highest BCUT2D eigenvalue weighted by molar-refractivity contribution is 5.97. The van der Waals surface area contributed by atoms with Crippen LogP contribution in [0.1, 0.15) is 23.0 Å². The molecule has 0 atom stereocenters. The van der Waals surface area contributed by atoms with Crippen LogP contribution in [0.15, 0.2) is 59.0 Å². The molecule has 3 rings (SSSR count). The van der Waals surface area contributed by atoms with E-state index in [1.54, 1.807) is 18.1 Å². The molecule has 0 aliphatic heterocycles. The van der Waals surface area contributed by atoms with Crippen molar-refractivity contribution in [3.8, 4) is 5.75 Å². The van der Waals surface area contributed by atoms with Crippen molar-refractivity contribution in [2.75, 3.05) is 13.7 Å². The zero-order chi connectivity index (χ0) is 16.2. The van der Waals surface area contributed by atoms with Gasteiger partial charge >= 0.3 is 0 Å². The van der Waals surface area contributed by atoms with Gasteiger partial charge in [0.2, 0.25) is 0 Å². The first-order valence-electron chi connectivity index (χ1n) is 7.62. The van der Waals surface area contributed by atoms with Gasteiger partial charge in [0, 0.05) is 18.5 Å². The normalized spacial score (nSPS) is 10.7. The molecule has 1 heterocycles. The Hall–Kier alpha value is -2.75. The van der Waals surface area contributed by atoms with Gasteiger partial charge in [-0.05, 0) is 24.6 Å². The molecule has 2 aromatic carbocycles. The second-order valence-electron chi connectivity index (χ2n) is 5.29. The molecular weight excluding hydrogens is 290 g/mol. The summed E-state index contributed by atoms with van der Waals surface area (Å²) in [7, 11) is 1.59. The first-order valence-corrected chi connectivity index (χ1v) is 7.62. The highest BCUT2D eigenvalue weighted by Gasteiger charge is 2.20. The summed E-state index contributed by atoms with van der Waals surface area (Å²) in [5, 5.41) is 0.864. The van der Waals surface area contributed by atoms with Crippen molar-refractivity contribution in [2.24, 2.45) is 0 Å². The van der Waals surface area contributed by atoms with Crippen molar-refractivity contribution >= 4 is 16.9 Å². The molecular formula is C19H19NO3. The molecule has 118 valence electrons. The predicted molar refractivity (Wildman–Crippen MR) is 89.6 cm³/mol. The summed E-state index contributed by atoms with van der Waals surface area (Å²) in [4.78, 5) is 14.5. The van der Waals surface area contributed by atoms with Gasteiger partial charge < -0.3 is 14.1 Å². The standard InChI is InChI=1S/C19H19NO3/c1-3-20(13-14-8-5-4-6-9-14)19(21)17-12-15-10-7-11-16(22-2)18(15)23-17/h4-12H,3,13H2,1-2H3. The minimum Gasteiger partial charge on any atom is -0.493 e. The van der Waals surface area contributed by atoms with Crippen molar-refractivity contribution in [3.63, 3.8) is 0 Å². The smallest absolute Gasteiger partial charge is 0.289 e. The van der Waals surface area contributed by atoms with Gasteiger partial charge in [-0.15, -0.1) is 0 Å². The lowest BCUT2D eigenvalue weighted by Crippen LogP contribution is -2.29. The highest BCUT2D eigenvalue weighted by atomic mass is 16.5. The largest absolute Gasteiger partial charge is 0.493 e. The molecule has 0 radical (unpaired) electrons. The van der Waals surface area contributed by atoms with Gasteiger partial charge in [0.1, 0.15) is 0 Å². The first-order chi connectivity index (χ1) is 11.2. The number of amides is 1. The highest BCUT2D eigenvalue weighted by Crippen LogP contribution is 2.29. The van der Waals surface area contributed by atoms with E-state index in [0.717, 1.165) is 10.9 Å². The first kappa shape index (κ1) is 15.2. The molecule has 0 saturated heterocycles. The maximum absolute atomic E-state index is 12.7. The van der Waals surface area contributed by atoms with Crippen LogP contribution in [0.3, 0.4) is 0 Å². The van der Waals surface area contributed by atoms with Crippen molar-refractivity contribution < 1.29 is 13.9 Å². The van der Waals surface area contributed by atoms with E-state index < -0.39 is 0 Å². The number of ether oxygens (including phenoxy) is 1. The Bertz CT molecular complexity index is 808. The second kappa shape index (κ2) is 6.57.